The molecule has 1 aliphatic heterocycles. The predicted molar refractivity (Wildman–Crippen MR) is 63.0 cm³/mol. The van der Waals surface area contributed by atoms with E-state index in [4.69, 9.17) is 9.47 Å². The number of hydrogen-bond donors (Lipinski definition) is 0. The van der Waals surface area contributed by atoms with Crippen LogP contribution in [0.25, 0.3) is 0 Å². The van der Waals surface area contributed by atoms with Crippen LogP contribution in [0.15, 0.2) is 23.1 Å². The second-order valence-corrected chi connectivity index (χ2v) is 4.68. The molecule has 0 fully saturated rings. The first-order valence-corrected chi connectivity index (χ1v) is 6.26. The molecule has 3 nitrogen and oxygen atoms in total. The zero-order valence-corrected chi connectivity index (χ0v) is 10.2. The molecule has 0 bridgehead atoms. The summed E-state index contributed by atoms with van der Waals surface area (Å²) in [4.78, 5) is 12.6. The minimum atomic E-state index is -0.472. The molecule has 1 heterocycles. The van der Waals surface area contributed by atoms with Crippen molar-refractivity contribution < 1.29 is 14.3 Å². The fourth-order valence-electron chi connectivity index (χ4n) is 1.53. The third-order valence-electron chi connectivity index (χ3n) is 2.31. The fraction of sp³-hybridized carbons (Fsp3) is 0.417. The Morgan fingerprint density at radius 2 is 2.44 bits per heavy atom. The molecule has 0 spiro atoms. The molecule has 86 valence electrons. The summed E-state index contributed by atoms with van der Waals surface area (Å²) in [5.41, 5.74) is 1.20. The molecular weight excluding hydrogens is 224 g/mol. The Bertz CT molecular complexity index is 403. The van der Waals surface area contributed by atoms with E-state index in [0.29, 0.717) is 12.4 Å². The average molecular weight is 238 g/mol. The first-order chi connectivity index (χ1) is 7.70. The van der Waals surface area contributed by atoms with Crippen molar-refractivity contribution in [1.82, 2.24) is 0 Å². The Hall–Kier alpha value is -1.16. The van der Waals surface area contributed by atoms with Gasteiger partial charge in [-0.2, -0.15) is 0 Å². The van der Waals surface area contributed by atoms with Crippen LogP contribution in [0.2, 0.25) is 0 Å². The standard InChI is InChI=1S/C12H14O3S/c1-3-14-12(13)10-7-16-11-6-8(2)4-5-9(11)15-10/h4-6,10H,3,7H2,1-2H3. The van der Waals surface area contributed by atoms with Crippen LogP contribution in [-0.4, -0.2) is 24.4 Å². The van der Waals surface area contributed by atoms with Crippen molar-refractivity contribution >= 4 is 17.7 Å². The molecule has 0 N–H and O–H groups in total. The second kappa shape index (κ2) is 4.78. The van der Waals surface area contributed by atoms with Crippen molar-refractivity contribution in [1.29, 1.82) is 0 Å². The van der Waals surface area contributed by atoms with Crippen molar-refractivity contribution in [2.75, 3.05) is 12.4 Å². The predicted octanol–water partition coefficient (Wildman–Crippen LogP) is 2.41. The number of carbonyl (C=O) groups excluding carboxylic acids is 1. The molecule has 1 aromatic rings. The van der Waals surface area contributed by atoms with E-state index in [0.717, 1.165) is 10.6 Å². The van der Waals surface area contributed by atoms with Gasteiger partial charge in [0, 0.05) is 10.6 Å². The van der Waals surface area contributed by atoms with Crippen molar-refractivity contribution in [3.63, 3.8) is 0 Å². The molecule has 1 aliphatic rings. The average Bonchev–Trinajstić information content (AvgIpc) is 2.28. The Morgan fingerprint density at radius 1 is 1.62 bits per heavy atom. The van der Waals surface area contributed by atoms with E-state index >= 15 is 0 Å². The van der Waals surface area contributed by atoms with Gasteiger partial charge in [0.05, 0.1) is 6.61 Å². The van der Waals surface area contributed by atoms with E-state index in [1.54, 1.807) is 18.7 Å². The highest BCUT2D eigenvalue weighted by molar-refractivity contribution is 7.99. The quantitative estimate of drug-likeness (QED) is 0.741. The van der Waals surface area contributed by atoms with Gasteiger partial charge in [0.15, 0.2) is 0 Å². The molecule has 0 saturated carbocycles. The van der Waals surface area contributed by atoms with Gasteiger partial charge >= 0.3 is 5.97 Å². The maximum Gasteiger partial charge on any atom is 0.348 e. The van der Waals surface area contributed by atoms with Gasteiger partial charge in [-0.1, -0.05) is 6.07 Å². The molecule has 0 radical (unpaired) electrons. The molecule has 0 saturated heterocycles. The van der Waals surface area contributed by atoms with Crippen LogP contribution in [-0.2, 0) is 9.53 Å². The summed E-state index contributed by atoms with van der Waals surface area (Å²) in [7, 11) is 0. The van der Waals surface area contributed by atoms with Crippen LogP contribution in [0.5, 0.6) is 5.75 Å². The number of ether oxygens (including phenoxy) is 2. The van der Waals surface area contributed by atoms with Crippen LogP contribution in [0.1, 0.15) is 12.5 Å². The zero-order valence-electron chi connectivity index (χ0n) is 9.36. The third kappa shape index (κ3) is 2.32. The van der Waals surface area contributed by atoms with Gasteiger partial charge in [-0.25, -0.2) is 4.79 Å². The Morgan fingerprint density at radius 3 is 3.19 bits per heavy atom. The van der Waals surface area contributed by atoms with E-state index < -0.39 is 6.10 Å². The molecule has 16 heavy (non-hydrogen) atoms. The number of fused-ring (bicyclic) bond motifs is 1. The molecular formula is C12H14O3S. The van der Waals surface area contributed by atoms with Crippen molar-refractivity contribution in [3.8, 4) is 5.75 Å². The summed E-state index contributed by atoms with van der Waals surface area (Å²) in [6, 6.07) is 5.96. The highest BCUT2D eigenvalue weighted by Crippen LogP contribution is 2.36. The Labute approximate surface area is 99.1 Å². The zero-order chi connectivity index (χ0) is 11.5. The molecule has 1 unspecified atom stereocenters. The molecule has 2 rings (SSSR count). The van der Waals surface area contributed by atoms with Crippen LogP contribution in [0.3, 0.4) is 0 Å². The lowest BCUT2D eigenvalue weighted by Gasteiger charge is -2.24. The number of rotatable bonds is 2. The molecule has 4 heteroatoms. The summed E-state index contributed by atoms with van der Waals surface area (Å²) in [6.45, 7) is 4.23. The number of benzene rings is 1. The molecule has 0 aromatic heterocycles. The van der Waals surface area contributed by atoms with Gasteiger partial charge in [-0.3, -0.25) is 0 Å². The highest BCUT2D eigenvalue weighted by atomic mass is 32.2. The summed E-state index contributed by atoms with van der Waals surface area (Å²) in [5, 5.41) is 0. The number of aryl methyl sites for hydroxylation is 1. The van der Waals surface area contributed by atoms with Gasteiger partial charge in [0.1, 0.15) is 5.75 Å². The Kier molecular flexibility index (Phi) is 3.39. The maximum absolute atomic E-state index is 11.5. The van der Waals surface area contributed by atoms with Crippen molar-refractivity contribution in [2.24, 2.45) is 0 Å². The lowest BCUT2D eigenvalue weighted by atomic mass is 10.2. The van der Waals surface area contributed by atoms with Crippen LogP contribution < -0.4 is 4.74 Å². The molecule has 1 aromatic carbocycles. The summed E-state index contributed by atoms with van der Waals surface area (Å²) in [6.07, 6.45) is -0.472. The van der Waals surface area contributed by atoms with Crippen molar-refractivity contribution in [3.05, 3.63) is 23.8 Å². The maximum atomic E-state index is 11.5. The molecule has 0 aliphatic carbocycles. The monoisotopic (exact) mass is 238 g/mol. The first-order valence-electron chi connectivity index (χ1n) is 5.27. The van der Waals surface area contributed by atoms with Crippen LogP contribution in [0.4, 0.5) is 0 Å². The minimum Gasteiger partial charge on any atom is -0.477 e. The van der Waals surface area contributed by atoms with Crippen molar-refractivity contribution in [2.45, 2.75) is 24.8 Å². The van der Waals surface area contributed by atoms with E-state index in [1.807, 2.05) is 19.1 Å². The van der Waals surface area contributed by atoms with Gasteiger partial charge in [0.2, 0.25) is 6.10 Å². The summed E-state index contributed by atoms with van der Waals surface area (Å²) < 4.78 is 10.5. The first kappa shape index (κ1) is 11.3. The largest absolute Gasteiger partial charge is 0.477 e. The fourth-order valence-corrected chi connectivity index (χ4v) is 2.59. The topological polar surface area (TPSA) is 35.5 Å². The highest BCUT2D eigenvalue weighted by Gasteiger charge is 2.27. The van der Waals surface area contributed by atoms with E-state index in [1.165, 1.54) is 5.56 Å². The van der Waals surface area contributed by atoms with Crippen LogP contribution >= 0.6 is 11.8 Å². The third-order valence-corrected chi connectivity index (χ3v) is 3.41. The van der Waals surface area contributed by atoms with Gasteiger partial charge < -0.3 is 9.47 Å². The normalized spacial score (nSPS) is 18.5. The van der Waals surface area contributed by atoms with Crippen LogP contribution in [0, 0.1) is 6.92 Å². The van der Waals surface area contributed by atoms with E-state index in [-0.39, 0.29) is 5.97 Å². The SMILES string of the molecule is CCOC(=O)C1CSc2cc(C)ccc2O1. The lowest BCUT2D eigenvalue weighted by molar-refractivity contribution is -0.150. The van der Waals surface area contributed by atoms with Gasteiger partial charge in [-0.15, -0.1) is 11.8 Å². The van der Waals surface area contributed by atoms with E-state index in [2.05, 4.69) is 6.07 Å². The number of esters is 1. The number of hydrogen-bond acceptors (Lipinski definition) is 4. The Balaban J connectivity index is 2.12. The number of carbonyl (C=O) groups is 1. The molecule has 1 atom stereocenters. The lowest BCUT2D eigenvalue weighted by Crippen LogP contribution is -2.33. The minimum absolute atomic E-state index is 0.277. The number of thioether (sulfide) groups is 1. The van der Waals surface area contributed by atoms with Gasteiger partial charge in [0.25, 0.3) is 0 Å². The molecule has 0 amide bonds. The smallest absolute Gasteiger partial charge is 0.348 e. The van der Waals surface area contributed by atoms with Gasteiger partial charge in [-0.05, 0) is 31.5 Å². The summed E-state index contributed by atoms with van der Waals surface area (Å²) >= 11 is 1.64. The van der Waals surface area contributed by atoms with E-state index in [9.17, 15) is 4.79 Å². The second-order valence-electron chi connectivity index (χ2n) is 3.62. The summed E-state index contributed by atoms with van der Waals surface area (Å²) in [5.74, 6) is 1.12.